The third-order valence-electron chi connectivity index (χ3n) is 3.23. The van der Waals surface area contributed by atoms with Crippen molar-refractivity contribution in [3.63, 3.8) is 0 Å². The zero-order valence-corrected chi connectivity index (χ0v) is 14.2. The van der Waals surface area contributed by atoms with Crippen molar-refractivity contribution in [2.45, 2.75) is 13.8 Å². The summed E-state index contributed by atoms with van der Waals surface area (Å²) in [6.45, 7) is 3.91. The number of nitrogens with two attached hydrogens (primary N) is 1. The Hall–Kier alpha value is -1.55. The highest BCUT2D eigenvalue weighted by atomic mass is 35.5. The van der Waals surface area contributed by atoms with Gasteiger partial charge in [-0.2, -0.15) is 0 Å². The number of nitrogens with one attached hydrogen (secondary N) is 1. The smallest absolute Gasteiger partial charge is 0.266 e. The zero-order valence-electron chi connectivity index (χ0n) is 12.6. The van der Waals surface area contributed by atoms with Gasteiger partial charge in [-0.3, -0.25) is 9.36 Å². The summed E-state index contributed by atoms with van der Waals surface area (Å²) in [4.78, 5) is 14.6. The topological polar surface area (TPSA) is 85.2 Å². The number of fused-ring (bicyclic) bond motifs is 1. The lowest BCUT2D eigenvalue weighted by Gasteiger charge is -2.13. The summed E-state index contributed by atoms with van der Waals surface area (Å²) in [6, 6.07) is 5.03. The van der Waals surface area contributed by atoms with Crippen LogP contribution in [0, 0.1) is 5.92 Å². The summed E-state index contributed by atoms with van der Waals surface area (Å²) >= 11 is 6.02. The summed E-state index contributed by atoms with van der Waals surface area (Å²) < 4.78 is 18.5. The van der Waals surface area contributed by atoms with Crippen molar-refractivity contribution in [1.82, 2.24) is 4.98 Å². The minimum atomic E-state index is -3.39. The molecule has 1 aromatic heterocycles. The van der Waals surface area contributed by atoms with Crippen LogP contribution in [0.5, 0.6) is 0 Å². The fourth-order valence-corrected chi connectivity index (χ4v) is 4.36. The fraction of sp³-hybridized carbons (Fsp3) is 0.267. The van der Waals surface area contributed by atoms with E-state index in [4.69, 9.17) is 21.9 Å². The van der Waals surface area contributed by atoms with Gasteiger partial charge in [0.05, 0.1) is 5.30 Å². The van der Waals surface area contributed by atoms with Crippen molar-refractivity contribution in [2.24, 2.45) is 11.7 Å². The van der Waals surface area contributed by atoms with Gasteiger partial charge >= 0.3 is 0 Å². The Balaban J connectivity index is 2.80. The van der Waals surface area contributed by atoms with E-state index in [1.807, 2.05) is 13.8 Å². The molecule has 1 amide bonds. The molecule has 7 heteroatoms. The van der Waals surface area contributed by atoms with Crippen LogP contribution in [0.3, 0.4) is 0 Å². The number of aromatic amines is 1. The Morgan fingerprint density at radius 1 is 1.45 bits per heavy atom. The van der Waals surface area contributed by atoms with Gasteiger partial charge in [0.1, 0.15) is 5.69 Å². The van der Waals surface area contributed by atoms with Crippen LogP contribution in [0.2, 0.25) is 5.02 Å². The van der Waals surface area contributed by atoms with Gasteiger partial charge < -0.3 is 15.2 Å². The van der Waals surface area contributed by atoms with E-state index in [0.717, 1.165) is 0 Å². The molecule has 1 aromatic carbocycles. The molecule has 0 spiro atoms. The molecule has 22 heavy (non-hydrogen) atoms. The highest BCUT2D eigenvalue weighted by molar-refractivity contribution is 7.70. The summed E-state index contributed by atoms with van der Waals surface area (Å²) in [7, 11) is -2.04. The molecule has 1 heterocycles. The number of carbonyl (C=O) groups is 1. The number of rotatable bonds is 5. The molecule has 0 fully saturated rings. The van der Waals surface area contributed by atoms with Crippen LogP contribution in [0.4, 0.5) is 0 Å². The average Bonchev–Trinajstić information content (AvgIpc) is 2.84. The molecule has 0 aliphatic carbocycles. The van der Waals surface area contributed by atoms with Gasteiger partial charge in [0, 0.05) is 28.9 Å². The summed E-state index contributed by atoms with van der Waals surface area (Å²) in [6.07, 6.45) is 1.78. The number of H-pyrrole nitrogens is 1. The number of hydrogen-bond donors (Lipinski definition) is 2. The molecule has 0 radical (unpaired) electrons. The maximum atomic E-state index is 13.2. The van der Waals surface area contributed by atoms with E-state index in [0.29, 0.717) is 15.9 Å². The molecular weight excluding hydrogens is 323 g/mol. The lowest BCUT2D eigenvalue weighted by Crippen LogP contribution is -2.21. The molecule has 3 N–H and O–H groups in total. The molecule has 0 bridgehead atoms. The highest BCUT2D eigenvalue weighted by Crippen LogP contribution is 2.49. The highest BCUT2D eigenvalue weighted by Gasteiger charge is 2.31. The first-order chi connectivity index (χ1) is 10.3. The predicted octanol–water partition coefficient (Wildman–Crippen LogP) is 3.64. The normalized spacial score (nSPS) is 14.8. The lowest BCUT2D eigenvalue weighted by atomic mass is 10.2. The van der Waals surface area contributed by atoms with Gasteiger partial charge in [-0.05, 0) is 24.1 Å². The van der Waals surface area contributed by atoms with Crippen LogP contribution in [0.15, 0.2) is 30.1 Å². The first kappa shape index (κ1) is 16.8. The van der Waals surface area contributed by atoms with Crippen molar-refractivity contribution < 1.29 is 13.9 Å². The van der Waals surface area contributed by atoms with Crippen LogP contribution < -0.4 is 11.0 Å². The second-order valence-corrected chi connectivity index (χ2v) is 8.01. The van der Waals surface area contributed by atoms with E-state index in [-0.39, 0.29) is 16.9 Å². The summed E-state index contributed by atoms with van der Waals surface area (Å²) in [5.74, 6) is 1.00. The average molecular weight is 341 g/mol. The van der Waals surface area contributed by atoms with Crippen LogP contribution in [0.1, 0.15) is 24.3 Å². The maximum Gasteiger partial charge on any atom is 0.266 e. The molecule has 1 unspecified atom stereocenters. The number of amides is 1. The predicted molar refractivity (Wildman–Crippen MR) is 90.1 cm³/mol. The fourth-order valence-electron chi connectivity index (χ4n) is 2.16. The molecule has 0 aliphatic rings. The van der Waals surface area contributed by atoms with Gasteiger partial charge in [-0.15, -0.1) is 0 Å². The Labute approximate surface area is 133 Å². The van der Waals surface area contributed by atoms with Gasteiger partial charge in [0.25, 0.3) is 13.3 Å². The van der Waals surface area contributed by atoms with Gasteiger partial charge in [0.2, 0.25) is 0 Å². The quantitative estimate of drug-likeness (QED) is 0.815. The zero-order chi connectivity index (χ0) is 16.5. The molecule has 0 saturated carbocycles. The number of carbonyl (C=O) groups excluding carboxylic acids is 1. The van der Waals surface area contributed by atoms with Crippen LogP contribution in [-0.2, 0) is 9.09 Å². The molecule has 2 rings (SSSR count). The second-order valence-electron chi connectivity index (χ2n) is 5.27. The Morgan fingerprint density at radius 2 is 2.14 bits per heavy atom. The van der Waals surface area contributed by atoms with E-state index in [1.54, 1.807) is 24.3 Å². The van der Waals surface area contributed by atoms with Gasteiger partial charge in [-0.25, -0.2) is 0 Å². The monoisotopic (exact) mass is 340 g/mol. The number of primary amides is 1. The van der Waals surface area contributed by atoms with Gasteiger partial charge in [0.15, 0.2) is 0 Å². The largest absolute Gasteiger partial charge is 0.364 e. The minimum absolute atomic E-state index is 0.0795. The number of allylic oxidation sites excluding steroid dienone is 1. The van der Waals surface area contributed by atoms with Crippen molar-refractivity contribution in [3.05, 3.63) is 40.8 Å². The van der Waals surface area contributed by atoms with Crippen molar-refractivity contribution in [2.75, 3.05) is 7.11 Å². The third-order valence-corrected chi connectivity index (χ3v) is 5.66. The standard InChI is InChI=1S/C15H18ClN2O3P/c1-9(2)6-7-22(20,21-3)14-11-8-10(16)4-5-12(11)18-13(14)15(17)19/h4-9,18H,1-3H3,(H2,17,19)/b7-6+. The Kier molecular flexibility index (Phi) is 4.81. The molecule has 1 atom stereocenters. The van der Waals surface area contributed by atoms with E-state index in [1.165, 1.54) is 12.9 Å². The maximum absolute atomic E-state index is 13.2. The van der Waals surface area contributed by atoms with Crippen LogP contribution >= 0.6 is 19.0 Å². The number of hydrogen-bond acceptors (Lipinski definition) is 3. The van der Waals surface area contributed by atoms with Crippen molar-refractivity contribution in [1.29, 1.82) is 0 Å². The third kappa shape index (κ3) is 3.12. The van der Waals surface area contributed by atoms with Crippen LogP contribution in [0.25, 0.3) is 10.9 Å². The molecule has 5 nitrogen and oxygen atoms in total. The SMILES string of the molecule is COP(=O)(/C=C/C(C)C)c1c(C(N)=O)[nH]c2ccc(Cl)cc12. The molecular formula is C15H18ClN2O3P. The molecule has 0 aliphatic heterocycles. The number of benzene rings is 1. The summed E-state index contributed by atoms with van der Waals surface area (Å²) in [5, 5.41) is 1.30. The van der Waals surface area contributed by atoms with Crippen molar-refractivity contribution in [3.8, 4) is 0 Å². The second kappa shape index (κ2) is 6.29. The number of halogens is 1. The van der Waals surface area contributed by atoms with E-state index >= 15 is 0 Å². The van der Waals surface area contributed by atoms with E-state index in [2.05, 4.69) is 4.98 Å². The van der Waals surface area contributed by atoms with E-state index < -0.39 is 13.3 Å². The first-order valence-electron chi connectivity index (χ1n) is 6.75. The molecule has 2 aromatic rings. The Bertz CT molecular complexity index is 795. The summed E-state index contributed by atoms with van der Waals surface area (Å²) in [5.41, 5.74) is 6.13. The molecule has 0 saturated heterocycles. The van der Waals surface area contributed by atoms with Gasteiger partial charge in [-0.1, -0.05) is 31.5 Å². The van der Waals surface area contributed by atoms with E-state index in [9.17, 15) is 9.36 Å². The van der Waals surface area contributed by atoms with Crippen LogP contribution in [-0.4, -0.2) is 18.0 Å². The molecule has 118 valence electrons. The minimum Gasteiger partial charge on any atom is -0.364 e. The van der Waals surface area contributed by atoms with Crippen molar-refractivity contribution >= 4 is 41.1 Å². The first-order valence-corrected chi connectivity index (χ1v) is 8.82. The lowest BCUT2D eigenvalue weighted by molar-refractivity contribution is 0.0997. The number of aromatic nitrogens is 1. The Morgan fingerprint density at radius 3 is 2.68 bits per heavy atom.